The molecule has 0 aliphatic rings. The van der Waals surface area contributed by atoms with E-state index in [2.05, 4.69) is 15.6 Å². The quantitative estimate of drug-likeness (QED) is 0.663. The summed E-state index contributed by atoms with van der Waals surface area (Å²) in [7, 11) is 0. The maximum atomic E-state index is 12.7. The number of carbonyl (C=O) groups excluding carboxylic acids is 2. The van der Waals surface area contributed by atoms with Crippen LogP contribution in [0.4, 0.5) is 5.69 Å². The molecule has 2 rings (SSSR count). The fraction of sp³-hybridized carbons (Fsp3) is 0.300. The fourth-order valence-electron chi connectivity index (χ4n) is 2.61. The number of carboxylic acid groups (broad SMARTS) is 1. The Bertz CT molecular complexity index is 821. The number of unbranched alkanes of at least 4 members (excludes halogenated alkanes) is 1. The highest BCUT2D eigenvalue weighted by molar-refractivity contribution is 6.10. The Morgan fingerprint density at radius 1 is 1.11 bits per heavy atom. The molecule has 0 aliphatic carbocycles. The van der Waals surface area contributed by atoms with Gasteiger partial charge in [0.25, 0.3) is 11.8 Å². The zero-order chi connectivity index (χ0) is 19.8. The van der Waals surface area contributed by atoms with Crippen molar-refractivity contribution in [1.82, 2.24) is 10.3 Å². The van der Waals surface area contributed by atoms with Gasteiger partial charge in [0.05, 0.1) is 11.3 Å². The van der Waals surface area contributed by atoms with Gasteiger partial charge in [-0.05, 0) is 37.1 Å². The second-order valence-corrected chi connectivity index (χ2v) is 6.19. The average Bonchev–Trinajstić information content (AvgIpc) is 2.66. The first-order chi connectivity index (χ1) is 12.9. The predicted octanol–water partition coefficient (Wildman–Crippen LogP) is 3.02. The molecule has 3 N–H and O–H groups in total. The first-order valence-electron chi connectivity index (χ1n) is 8.78. The van der Waals surface area contributed by atoms with Crippen LogP contribution < -0.4 is 10.6 Å². The third-order valence-corrected chi connectivity index (χ3v) is 4.15. The molecule has 0 aliphatic heterocycles. The number of benzene rings is 1. The van der Waals surface area contributed by atoms with Gasteiger partial charge in [0.2, 0.25) is 0 Å². The number of anilines is 1. The van der Waals surface area contributed by atoms with Crippen LogP contribution in [0.1, 0.15) is 52.5 Å². The number of rotatable bonds is 8. The highest BCUT2D eigenvalue weighted by atomic mass is 16.4. The summed E-state index contributed by atoms with van der Waals surface area (Å²) in [4.78, 5) is 40.4. The Labute approximate surface area is 157 Å². The lowest BCUT2D eigenvalue weighted by Crippen LogP contribution is -2.41. The Hall–Kier alpha value is -3.22. The van der Waals surface area contributed by atoms with Crippen LogP contribution in [0.5, 0.6) is 0 Å². The Morgan fingerprint density at radius 2 is 1.81 bits per heavy atom. The summed E-state index contributed by atoms with van der Waals surface area (Å²) in [6.07, 6.45) is 4.88. The van der Waals surface area contributed by atoms with Gasteiger partial charge in [0, 0.05) is 18.0 Å². The number of aryl methyl sites for hydroxylation is 1. The number of nitrogens with zero attached hydrogens (tertiary/aromatic N) is 1. The molecule has 0 unspecified atom stereocenters. The molecule has 1 atom stereocenters. The van der Waals surface area contributed by atoms with Crippen LogP contribution in [-0.2, 0) is 4.79 Å². The number of hydrogen-bond acceptors (Lipinski definition) is 4. The minimum atomic E-state index is -1.08. The smallest absolute Gasteiger partial charge is 0.326 e. The van der Waals surface area contributed by atoms with Gasteiger partial charge in [-0.15, -0.1) is 0 Å². The van der Waals surface area contributed by atoms with E-state index in [1.807, 2.05) is 6.92 Å². The van der Waals surface area contributed by atoms with Crippen molar-refractivity contribution in [1.29, 1.82) is 0 Å². The maximum Gasteiger partial charge on any atom is 0.326 e. The zero-order valence-corrected chi connectivity index (χ0v) is 15.4. The Morgan fingerprint density at radius 3 is 2.44 bits per heavy atom. The Balaban J connectivity index is 2.24. The number of aliphatic carboxylic acids is 1. The molecule has 0 fully saturated rings. The van der Waals surface area contributed by atoms with E-state index in [0.29, 0.717) is 29.7 Å². The van der Waals surface area contributed by atoms with E-state index in [-0.39, 0.29) is 11.5 Å². The van der Waals surface area contributed by atoms with Crippen molar-refractivity contribution in [3.8, 4) is 0 Å². The van der Waals surface area contributed by atoms with Crippen LogP contribution in [0.2, 0.25) is 0 Å². The Kier molecular flexibility index (Phi) is 7.05. The summed E-state index contributed by atoms with van der Waals surface area (Å²) in [6, 6.07) is 7.18. The molecule has 7 heteroatoms. The average molecular weight is 369 g/mol. The number of nitrogens with one attached hydrogen (secondary N) is 2. The molecule has 27 heavy (non-hydrogen) atoms. The number of para-hydroxylation sites is 1. The maximum absolute atomic E-state index is 12.7. The van der Waals surface area contributed by atoms with Crippen molar-refractivity contribution in [2.24, 2.45) is 0 Å². The summed E-state index contributed by atoms with van der Waals surface area (Å²) >= 11 is 0. The third-order valence-electron chi connectivity index (χ3n) is 4.15. The number of carboxylic acids is 1. The molecule has 0 bridgehead atoms. The molecule has 0 radical (unpaired) electrons. The molecular formula is C20H23N3O4. The van der Waals surface area contributed by atoms with Crippen LogP contribution in [0.3, 0.4) is 0 Å². The standard InChI is InChI=1S/C20H23N3O4/c1-3-4-8-16(20(26)27)22-19(25)15-7-5-6-13(2)17(15)23-18(24)14-9-11-21-12-10-14/h5-7,9-12,16H,3-4,8H2,1-2H3,(H,22,25)(H,23,24)(H,26,27)/t16-/m0/s1. The SMILES string of the molecule is CCCC[C@H](NC(=O)c1cccc(C)c1NC(=O)c1ccncc1)C(=O)O. The van der Waals surface area contributed by atoms with E-state index in [9.17, 15) is 19.5 Å². The van der Waals surface area contributed by atoms with Crippen LogP contribution in [-0.4, -0.2) is 33.9 Å². The van der Waals surface area contributed by atoms with Crippen LogP contribution in [0, 0.1) is 6.92 Å². The first-order valence-corrected chi connectivity index (χ1v) is 8.78. The molecule has 7 nitrogen and oxygen atoms in total. The van der Waals surface area contributed by atoms with Crippen LogP contribution >= 0.6 is 0 Å². The van der Waals surface area contributed by atoms with E-state index in [0.717, 1.165) is 6.42 Å². The van der Waals surface area contributed by atoms with Gasteiger partial charge in [-0.1, -0.05) is 31.9 Å². The van der Waals surface area contributed by atoms with Crippen LogP contribution in [0.25, 0.3) is 0 Å². The minimum Gasteiger partial charge on any atom is -0.480 e. The monoisotopic (exact) mass is 369 g/mol. The van der Waals surface area contributed by atoms with Crippen molar-refractivity contribution >= 4 is 23.5 Å². The zero-order valence-electron chi connectivity index (χ0n) is 15.4. The molecule has 142 valence electrons. The molecule has 2 amide bonds. The summed E-state index contributed by atoms with van der Waals surface area (Å²) in [5.41, 5.74) is 1.69. The number of carbonyl (C=O) groups is 3. The van der Waals surface area contributed by atoms with Gasteiger partial charge >= 0.3 is 5.97 Å². The van der Waals surface area contributed by atoms with Crippen molar-refractivity contribution in [3.63, 3.8) is 0 Å². The normalized spacial score (nSPS) is 11.5. The van der Waals surface area contributed by atoms with Gasteiger partial charge in [-0.3, -0.25) is 14.6 Å². The lowest BCUT2D eigenvalue weighted by Gasteiger charge is -2.17. The largest absolute Gasteiger partial charge is 0.480 e. The molecule has 1 heterocycles. The van der Waals surface area contributed by atoms with E-state index in [1.165, 1.54) is 12.4 Å². The van der Waals surface area contributed by atoms with E-state index in [4.69, 9.17) is 0 Å². The third kappa shape index (κ3) is 5.37. The topological polar surface area (TPSA) is 108 Å². The van der Waals surface area contributed by atoms with Crippen molar-refractivity contribution in [2.45, 2.75) is 39.2 Å². The predicted molar refractivity (Wildman–Crippen MR) is 102 cm³/mol. The highest BCUT2D eigenvalue weighted by Gasteiger charge is 2.22. The molecule has 0 saturated heterocycles. The number of hydrogen-bond donors (Lipinski definition) is 3. The van der Waals surface area contributed by atoms with E-state index in [1.54, 1.807) is 37.3 Å². The second kappa shape index (κ2) is 9.47. The lowest BCUT2D eigenvalue weighted by atomic mass is 10.0. The van der Waals surface area contributed by atoms with E-state index >= 15 is 0 Å². The van der Waals surface area contributed by atoms with Gasteiger partial charge in [0.1, 0.15) is 6.04 Å². The fourth-order valence-corrected chi connectivity index (χ4v) is 2.61. The van der Waals surface area contributed by atoms with E-state index < -0.39 is 17.9 Å². The second-order valence-electron chi connectivity index (χ2n) is 6.19. The molecule has 1 aromatic heterocycles. The summed E-state index contributed by atoms with van der Waals surface area (Å²) in [6.45, 7) is 3.72. The van der Waals surface area contributed by atoms with Gasteiger partial charge in [0.15, 0.2) is 0 Å². The van der Waals surface area contributed by atoms with Gasteiger partial charge < -0.3 is 15.7 Å². The molecule has 1 aromatic carbocycles. The van der Waals surface area contributed by atoms with Crippen molar-refractivity contribution < 1.29 is 19.5 Å². The number of pyridine rings is 1. The van der Waals surface area contributed by atoms with Crippen molar-refractivity contribution in [3.05, 3.63) is 59.4 Å². The highest BCUT2D eigenvalue weighted by Crippen LogP contribution is 2.22. The lowest BCUT2D eigenvalue weighted by molar-refractivity contribution is -0.139. The van der Waals surface area contributed by atoms with Gasteiger partial charge in [-0.2, -0.15) is 0 Å². The molecular weight excluding hydrogens is 346 g/mol. The van der Waals surface area contributed by atoms with Gasteiger partial charge in [-0.25, -0.2) is 4.79 Å². The summed E-state index contributed by atoms with van der Waals surface area (Å²) in [5, 5.41) is 14.6. The minimum absolute atomic E-state index is 0.222. The number of amides is 2. The van der Waals surface area contributed by atoms with Crippen LogP contribution in [0.15, 0.2) is 42.7 Å². The first kappa shape index (κ1) is 20.1. The van der Waals surface area contributed by atoms with Crippen molar-refractivity contribution in [2.75, 3.05) is 5.32 Å². The number of aromatic nitrogens is 1. The molecule has 0 spiro atoms. The molecule has 2 aromatic rings. The summed E-state index contributed by atoms with van der Waals surface area (Å²) in [5.74, 6) is -1.99. The summed E-state index contributed by atoms with van der Waals surface area (Å²) < 4.78 is 0. The molecule has 0 saturated carbocycles.